The molecule has 2 aliphatic rings. The molecule has 0 unspecified atom stereocenters. The summed E-state index contributed by atoms with van der Waals surface area (Å²) in [5, 5.41) is 14.3. The van der Waals surface area contributed by atoms with Crippen molar-refractivity contribution in [2.75, 3.05) is 0 Å². The Bertz CT molecular complexity index is 591. The molecule has 1 saturated carbocycles. The van der Waals surface area contributed by atoms with E-state index in [-0.39, 0.29) is 12.0 Å². The van der Waals surface area contributed by atoms with E-state index < -0.39 is 0 Å². The Morgan fingerprint density at radius 3 is 3.06 bits per heavy atom. The van der Waals surface area contributed by atoms with E-state index in [1.165, 1.54) is 10.8 Å². The Morgan fingerprint density at radius 2 is 2.24 bits per heavy atom. The molecule has 1 aromatic rings. The van der Waals surface area contributed by atoms with E-state index in [0.29, 0.717) is 5.84 Å². The maximum atomic E-state index is 8.84. The highest BCUT2D eigenvalue weighted by molar-refractivity contribution is 5.85. The number of hydrogen-bond donors (Lipinski definition) is 2. The van der Waals surface area contributed by atoms with Gasteiger partial charge in [-0.3, -0.25) is 4.99 Å². The van der Waals surface area contributed by atoms with Gasteiger partial charge in [0.05, 0.1) is 11.4 Å². The summed E-state index contributed by atoms with van der Waals surface area (Å²) in [6.07, 6.45) is 3.10. The normalized spacial score (nSPS) is 27.3. The third kappa shape index (κ3) is 1.52. The SMILES string of the molecule is N/C(=N\O)[C@H]1CCCC2=c3ccccc3=N[C@H]21. The average molecular weight is 229 g/mol. The maximum Gasteiger partial charge on any atom is 0.144 e. The van der Waals surface area contributed by atoms with Crippen LogP contribution in [0, 0.1) is 5.92 Å². The molecule has 1 aliphatic carbocycles. The zero-order valence-corrected chi connectivity index (χ0v) is 9.50. The van der Waals surface area contributed by atoms with Crippen molar-refractivity contribution in [1.29, 1.82) is 0 Å². The van der Waals surface area contributed by atoms with Gasteiger partial charge in [0.1, 0.15) is 5.84 Å². The molecule has 4 nitrogen and oxygen atoms in total. The van der Waals surface area contributed by atoms with Gasteiger partial charge in [0.2, 0.25) is 0 Å². The van der Waals surface area contributed by atoms with Gasteiger partial charge in [0, 0.05) is 11.1 Å². The van der Waals surface area contributed by atoms with Crippen LogP contribution in [0.4, 0.5) is 0 Å². The summed E-state index contributed by atoms with van der Waals surface area (Å²) in [5.74, 6) is 0.361. The van der Waals surface area contributed by atoms with E-state index in [4.69, 9.17) is 15.9 Å². The first-order chi connectivity index (χ1) is 8.31. The summed E-state index contributed by atoms with van der Waals surface area (Å²) in [6, 6.07) is 8.26. The fourth-order valence-corrected chi connectivity index (χ4v) is 2.91. The Labute approximate surface area is 99.2 Å². The minimum atomic E-state index is 0.0520. The van der Waals surface area contributed by atoms with Gasteiger partial charge in [0.25, 0.3) is 0 Å². The molecule has 4 heteroatoms. The summed E-state index contributed by atoms with van der Waals surface area (Å²) in [5.41, 5.74) is 7.12. The molecule has 1 heterocycles. The lowest BCUT2D eigenvalue weighted by atomic mass is 9.80. The molecule has 0 radical (unpaired) electrons. The predicted molar refractivity (Wildman–Crippen MR) is 65.2 cm³/mol. The number of nitrogens with zero attached hydrogens (tertiary/aromatic N) is 2. The fraction of sp³-hybridized carbons (Fsp3) is 0.385. The van der Waals surface area contributed by atoms with E-state index in [9.17, 15) is 0 Å². The van der Waals surface area contributed by atoms with Crippen LogP contribution in [0.15, 0.2) is 34.4 Å². The van der Waals surface area contributed by atoms with Crippen molar-refractivity contribution in [3.05, 3.63) is 34.8 Å². The third-order valence-electron chi connectivity index (χ3n) is 3.72. The van der Waals surface area contributed by atoms with Gasteiger partial charge in [0.15, 0.2) is 0 Å². The first kappa shape index (κ1) is 10.3. The smallest absolute Gasteiger partial charge is 0.144 e. The van der Waals surface area contributed by atoms with Crippen molar-refractivity contribution in [1.82, 2.24) is 0 Å². The second-order valence-electron chi connectivity index (χ2n) is 4.64. The third-order valence-corrected chi connectivity index (χ3v) is 3.72. The molecule has 0 aromatic heterocycles. The van der Waals surface area contributed by atoms with Crippen molar-refractivity contribution in [3.63, 3.8) is 0 Å². The Hall–Kier alpha value is -1.84. The predicted octanol–water partition coefficient (Wildman–Crippen LogP) is 0.386. The van der Waals surface area contributed by atoms with Gasteiger partial charge in [-0.05, 0) is 30.9 Å². The number of hydrogen-bond acceptors (Lipinski definition) is 3. The van der Waals surface area contributed by atoms with Gasteiger partial charge >= 0.3 is 0 Å². The molecule has 1 aliphatic heterocycles. The monoisotopic (exact) mass is 229 g/mol. The van der Waals surface area contributed by atoms with Crippen molar-refractivity contribution in [3.8, 4) is 0 Å². The standard InChI is InChI=1S/C13H15N3O/c14-13(16-17)10-6-3-5-9-8-4-1-2-7-11(8)15-12(9)10/h1-2,4,7,10,12,17H,3,5-6H2,(H2,14,16)/t10-,12+/m0/s1. The number of para-hydroxylation sites is 1. The summed E-state index contributed by atoms with van der Waals surface area (Å²) < 4.78 is 0. The quantitative estimate of drug-likeness (QED) is 0.316. The molecule has 2 atom stereocenters. The molecule has 0 saturated heterocycles. The lowest BCUT2D eigenvalue weighted by molar-refractivity contribution is 0.311. The van der Waals surface area contributed by atoms with Gasteiger partial charge in [-0.15, -0.1) is 0 Å². The van der Waals surface area contributed by atoms with Crippen LogP contribution in [0.1, 0.15) is 19.3 Å². The van der Waals surface area contributed by atoms with Crippen LogP contribution >= 0.6 is 0 Å². The van der Waals surface area contributed by atoms with Crippen molar-refractivity contribution < 1.29 is 5.21 Å². The Kier molecular flexibility index (Phi) is 2.35. The molecular weight excluding hydrogens is 214 g/mol. The lowest BCUT2D eigenvalue weighted by Gasteiger charge is -2.28. The number of rotatable bonds is 1. The minimum absolute atomic E-state index is 0.0520. The molecule has 3 rings (SSSR count). The molecule has 0 amide bonds. The van der Waals surface area contributed by atoms with Gasteiger partial charge in [-0.2, -0.15) is 0 Å². The maximum absolute atomic E-state index is 8.84. The zero-order valence-electron chi connectivity index (χ0n) is 9.50. The van der Waals surface area contributed by atoms with Crippen LogP contribution in [0.25, 0.3) is 5.57 Å². The average Bonchev–Trinajstić information content (AvgIpc) is 2.76. The first-order valence-corrected chi connectivity index (χ1v) is 5.94. The molecule has 3 N–H and O–H groups in total. The van der Waals surface area contributed by atoms with E-state index in [0.717, 1.165) is 24.6 Å². The molecule has 0 spiro atoms. The molecule has 88 valence electrons. The van der Waals surface area contributed by atoms with Crippen molar-refractivity contribution in [2.24, 2.45) is 21.8 Å². The van der Waals surface area contributed by atoms with E-state index in [2.05, 4.69) is 11.2 Å². The first-order valence-electron chi connectivity index (χ1n) is 5.94. The topological polar surface area (TPSA) is 71.0 Å². The second-order valence-corrected chi connectivity index (χ2v) is 4.64. The van der Waals surface area contributed by atoms with E-state index in [1.54, 1.807) is 0 Å². The van der Waals surface area contributed by atoms with E-state index in [1.807, 2.05) is 18.2 Å². The number of oxime groups is 1. The number of benzene rings is 1. The summed E-state index contributed by atoms with van der Waals surface area (Å²) >= 11 is 0. The van der Waals surface area contributed by atoms with Crippen LogP contribution in [-0.4, -0.2) is 17.1 Å². The summed E-state index contributed by atoms with van der Waals surface area (Å²) in [4.78, 5) is 4.72. The number of nitrogens with two attached hydrogens (primary N) is 1. The van der Waals surface area contributed by atoms with E-state index >= 15 is 0 Å². The van der Waals surface area contributed by atoms with Gasteiger partial charge in [-0.1, -0.05) is 23.4 Å². The zero-order chi connectivity index (χ0) is 11.8. The molecule has 17 heavy (non-hydrogen) atoms. The Balaban J connectivity index is 2.13. The summed E-state index contributed by atoms with van der Waals surface area (Å²) in [7, 11) is 0. The van der Waals surface area contributed by atoms with Crippen LogP contribution < -0.4 is 16.3 Å². The summed E-state index contributed by atoms with van der Waals surface area (Å²) in [6.45, 7) is 0. The highest BCUT2D eigenvalue weighted by Crippen LogP contribution is 2.32. The minimum Gasteiger partial charge on any atom is -0.409 e. The van der Waals surface area contributed by atoms with Crippen LogP contribution in [0.5, 0.6) is 0 Å². The molecule has 1 fully saturated rings. The largest absolute Gasteiger partial charge is 0.409 e. The number of amidine groups is 1. The molecule has 1 aromatic carbocycles. The molecule has 0 bridgehead atoms. The lowest BCUT2D eigenvalue weighted by Crippen LogP contribution is -2.36. The highest BCUT2D eigenvalue weighted by Gasteiger charge is 2.34. The highest BCUT2D eigenvalue weighted by atomic mass is 16.4. The van der Waals surface area contributed by atoms with Crippen LogP contribution in [0.3, 0.4) is 0 Å². The van der Waals surface area contributed by atoms with Crippen LogP contribution in [0.2, 0.25) is 0 Å². The van der Waals surface area contributed by atoms with Gasteiger partial charge in [-0.25, -0.2) is 0 Å². The second kappa shape index (κ2) is 3.87. The fourth-order valence-electron chi connectivity index (χ4n) is 2.91. The number of fused-ring (bicyclic) bond motifs is 2. The molecular formula is C13H15N3O. The Morgan fingerprint density at radius 1 is 1.41 bits per heavy atom. The van der Waals surface area contributed by atoms with Crippen molar-refractivity contribution >= 4 is 11.4 Å². The van der Waals surface area contributed by atoms with Gasteiger partial charge < -0.3 is 10.9 Å². The van der Waals surface area contributed by atoms with Crippen molar-refractivity contribution in [2.45, 2.75) is 25.3 Å². The van der Waals surface area contributed by atoms with Crippen LogP contribution in [-0.2, 0) is 0 Å².